The van der Waals surface area contributed by atoms with Gasteiger partial charge < -0.3 is 9.64 Å². The van der Waals surface area contributed by atoms with E-state index in [0.29, 0.717) is 0 Å². The molecule has 0 amide bonds. The van der Waals surface area contributed by atoms with E-state index in [1.165, 1.54) is 98.1 Å². The fraction of sp³-hybridized carbons (Fsp3) is 0.0286. The molecule has 0 saturated carbocycles. The van der Waals surface area contributed by atoms with Crippen molar-refractivity contribution < 1.29 is 4.74 Å². The average Bonchev–Trinajstić information content (AvgIpc) is 3.91. The molecule has 2 spiro atoms. The second-order valence-electron chi connectivity index (χ2n) is 19.8. The van der Waals surface area contributed by atoms with E-state index in [4.69, 9.17) is 4.74 Å². The van der Waals surface area contributed by atoms with Crippen LogP contribution >= 0.6 is 11.8 Å². The lowest BCUT2D eigenvalue weighted by Gasteiger charge is -2.40. The SMILES string of the molecule is c1ccc2c(c1)Oc1ccccc1C21c2ccccc2-c2c(N(c3ccc(-c4ccc5c(ccc6ccccc65)c4)cc3)c3ccc4c(c3)C3(c5ccccc5Sc5ccccc53)c3ccccc3-4)cccc21. The van der Waals surface area contributed by atoms with Gasteiger partial charge in [0.05, 0.1) is 16.5 Å². The Morgan fingerprint density at radius 2 is 0.836 bits per heavy atom. The zero-order valence-corrected chi connectivity index (χ0v) is 40.4. The molecule has 0 saturated heterocycles. The third-order valence-corrected chi connectivity index (χ3v) is 17.5. The van der Waals surface area contributed by atoms with E-state index in [-0.39, 0.29) is 0 Å². The van der Waals surface area contributed by atoms with Crippen LogP contribution in [0.2, 0.25) is 0 Å². The molecule has 0 N–H and O–H groups in total. The molecule has 0 atom stereocenters. The van der Waals surface area contributed by atoms with Gasteiger partial charge in [-0.05, 0) is 143 Å². The van der Waals surface area contributed by atoms with Crippen LogP contribution in [0.4, 0.5) is 17.1 Å². The third-order valence-electron chi connectivity index (χ3n) is 16.4. The van der Waals surface area contributed by atoms with Gasteiger partial charge in [-0.1, -0.05) is 212 Å². The number of nitrogens with zero attached hydrogens (tertiary/aromatic N) is 1. The monoisotopic (exact) mass is 945 g/mol. The number of ether oxygens (including phenoxy) is 1. The molecule has 3 heteroatoms. The standard InChI is InChI=1S/C70H43NOS/c1-2-17-50-45(16-1)32-33-47-42-46(36-40-51(47)50)44-34-37-48(38-35-44)71(49-39-41-53-52-18-3-5-20-55(52)70(62(53)43-49)59-24-9-13-30-66(59)73-67-31-14-10-25-60(67)70)63-27-15-26-61-68(63)54-19-4-6-21-56(54)69(61)57-22-7-11-28-64(57)72-65-29-12-8-23-58(65)69/h1-43H. The van der Waals surface area contributed by atoms with Gasteiger partial charge in [0.1, 0.15) is 11.5 Å². The number of rotatable bonds is 4. The molecule has 2 aliphatic heterocycles. The molecule has 16 rings (SSSR count). The maximum atomic E-state index is 6.76. The lowest BCUT2D eigenvalue weighted by molar-refractivity contribution is 0.436. The van der Waals surface area contributed by atoms with Crippen molar-refractivity contribution in [3.63, 3.8) is 0 Å². The molecule has 12 aromatic carbocycles. The van der Waals surface area contributed by atoms with Crippen LogP contribution in [0.25, 0.3) is 54.9 Å². The molecule has 2 nitrogen and oxygen atoms in total. The molecule has 2 heterocycles. The van der Waals surface area contributed by atoms with Crippen LogP contribution in [-0.4, -0.2) is 0 Å². The zero-order chi connectivity index (χ0) is 47.8. The maximum absolute atomic E-state index is 6.76. The zero-order valence-electron chi connectivity index (χ0n) is 39.6. The largest absolute Gasteiger partial charge is 0.457 e. The van der Waals surface area contributed by atoms with Crippen LogP contribution in [0.15, 0.2) is 271 Å². The number of hydrogen-bond donors (Lipinski definition) is 0. The first-order valence-electron chi connectivity index (χ1n) is 25.2. The van der Waals surface area contributed by atoms with Gasteiger partial charge >= 0.3 is 0 Å². The van der Waals surface area contributed by atoms with Crippen molar-refractivity contribution in [3.8, 4) is 44.9 Å². The van der Waals surface area contributed by atoms with E-state index in [9.17, 15) is 0 Å². The Bertz CT molecular complexity index is 4210. The van der Waals surface area contributed by atoms with Gasteiger partial charge in [0.15, 0.2) is 0 Å². The summed E-state index contributed by atoms with van der Waals surface area (Å²) in [6, 6.07) is 97.3. The van der Waals surface area contributed by atoms with E-state index < -0.39 is 10.8 Å². The lowest BCUT2D eigenvalue weighted by atomic mass is 9.66. The second kappa shape index (κ2) is 15.3. The summed E-state index contributed by atoms with van der Waals surface area (Å²) in [4.78, 5) is 5.13. The van der Waals surface area contributed by atoms with E-state index in [1.54, 1.807) is 0 Å². The van der Waals surface area contributed by atoms with Crippen molar-refractivity contribution in [2.75, 3.05) is 4.90 Å². The summed E-state index contributed by atoms with van der Waals surface area (Å²) in [7, 11) is 0. The first-order valence-corrected chi connectivity index (χ1v) is 26.0. The predicted octanol–water partition coefficient (Wildman–Crippen LogP) is 18.4. The Morgan fingerprint density at radius 3 is 1.58 bits per heavy atom. The van der Waals surface area contributed by atoms with Crippen LogP contribution in [0.5, 0.6) is 11.5 Å². The van der Waals surface area contributed by atoms with E-state index in [1.807, 2.05) is 11.8 Å². The third kappa shape index (κ3) is 5.49. The molecule has 0 fully saturated rings. The predicted molar refractivity (Wildman–Crippen MR) is 300 cm³/mol. The fourth-order valence-corrected chi connectivity index (χ4v) is 14.7. The first-order chi connectivity index (χ1) is 36.2. The van der Waals surface area contributed by atoms with Gasteiger partial charge in [0.25, 0.3) is 0 Å². The summed E-state index contributed by atoms with van der Waals surface area (Å²) >= 11 is 1.89. The molecule has 73 heavy (non-hydrogen) atoms. The maximum Gasteiger partial charge on any atom is 0.132 e. The minimum absolute atomic E-state index is 0.526. The highest BCUT2D eigenvalue weighted by molar-refractivity contribution is 7.99. The highest BCUT2D eigenvalue weighted by Gasteiger charge is 2.53. The minimum atomic E-state index is -0.610. The fourth-order valence-electron chi connectivity index (χ4n) is 13.5. The number of para-hydroxylation sites is 2. The molecule has 0 radical (unpaired) electrons. The van der Waals surface area contributed by atoms with E-state index in [0.717, 1.165) is 39.7 Å². The molecule has 12 aromatic rings. The number of fused-ring (bicyclic) bond motifs is 21. The molecular formula is C70H43NOS. The van der Waals surface area contributed by atoms with Crippen molar-refractivity contribution in [3.05, 3.63) is 305 Å². The second-order valence-corrected chi connectivity index (χ2v) is 20.9. The average molecular weight is 946 g/mol. The van der Waals surface area contributed by atoms with Crippen LogP contribution in [0.1, 0.15) is 44.5 Å². The lowest BCUT2D eigenvalue weighted by Crippen LogP contribution is -2.32. The van der Waals surface area contributed by atoms with Gasteiger partial charge in [-0.25, -0.2) is 0 Å². The molecule has 2 aliphatic carbocycles. The highest BCUT2D eigenvalue weighted by atomic mass is 32.2. The van der Waals surface area contributed by atoms with Crippen LogP contribution in [0.3, 0.4) is 0 Å². The topological polar surface area (TPSA) is 12.5 Å². The Morgan fingerprint density at radius 1 is 0.315 bits per heavy atom. The summed E-state index contributed by atoms with van der Waals surface area (Å²) in [5, 5.41) is 5.05. The molecule has 0 bridgehead atoms. The number of benzene rings is 12. The highest BCUT2D eigenvalue weighted by Crippen LogP contribution is 2.66. The van der Waals surface area contributed by atoms with Gasteiger partial charge in [0.2, 0.25) is 0 Å². The molecule has 4 aliphatic rings. The van der Waals surface area contributed by atoms with E-state index in [2.05, 4.69) is 266 Å². The smallest absolute Gasteiger partial charge is 0.132 e. The van der Waals surface area contributed by atoms with Crippen molar-refractivity contribution >= 4 is 50.4 Å². The molecule has 340 valence electrons. The Balaban J connectivity index is 0.955. The Hall–Kier alpha value is -8.89. The van der Waals surface area contributed by atoms with Crippen molar-refractivity contribution in [1.82, 2.24) is 0 Å². The first kappa shape index (κ1) is 40.8. The van der Waals surface area contributed by atoms with Gasteiger partial charge in [-0.15, -0.1) is 0 Å². The minimum Gasteiger partial charge on any atom is -0.457 e. The van der Waals surface area contributed by atoms with Gasteiger partial charge in [0, 0.05) is 37.9 Å². The van der Waals surface area contributed by atoms with E-state index >= 15 is 0 Å². The normalized spacial score (nSPS) is 14.3. The van der Waals surface area contributed by atoms with Gasteiger partial charge in [-0.3, -0.25) is 0 Å². The van der Waals surface area contributed by atoms with Crippen molar-refractivity contribution in [1.29, 1.82) is 0 Å². The summed E-state index contributed by atoms with van der Waals surface area (Å²) in [6.45, 7) is 0. The Labute approximate surface area is 428 Å². The van der Waals surface area contributed by atoms with Crippen LogP contribution in [-0.2, 0) is 10.8 Å². The molecule has 0 aromatic heterocycles. The van der Waals surface area contributed by atoms with Crippen molar-refractivity contribution in [2.45, 2.75) is 20.6 Å². The summed E-state index contributed by atoms with van der Waals surface area (Å²) in [6.07, 6.45) is 0. The Kier molecular flexibility index (Phi) is 8.56. The van der Waals surface area contributed by atoms with Crippen molar-refractivity contribution in [2.24, 2.45) is 0 Å². The quantitative estimate of drug-likeness (QED) is 0.163. The number of anilines is 3. The molecular weight excluding hydrogens is 903 g/mol. The summed E-state index contributed by atoms with van der Waals surface area (Å²) in [5.74, 6) is 1.77. The summed E-state index contributed by atoms with van der Waals surface area (Å²) in [5.41, 5.74) is 19.6. The van der Waals surface area contributed by atoms with Crippen LogP contribution < -0.4 is 9.64 Å². The van der Waals surface area contributed by atoms with Gasteiger partial charge in [-0.2, -0.15) is 0 Å². The molecule has 0 unspecified atom stereocenters. The summed E-state index contributed by atoms with van der Waals surface area (Å²) < 4.78 is 6.76. The van der Waals surface area contributed by atoms with Crippen LogP contribution in [0, 0.1) is 0 Å². The number of hydrogen-bond acceptors (Lipinski definition) is 3.